The topological polar surface area (TPSA) is 69.9 Å². The minimum Gasteiger partial charge on any atom is -0.454 e. The summed E-state index contributed by atoms with van der Waals surface area (Å²) in [4.78, 5) is 6.28. The molecule has 0 saturated heterocycles. The van der Waals surface area contributed by atoms with Gasteiger partial charge in [-0.3, -0.25) is 4.90 Å². The second kappa shape index (κ2) is 7.81. The van der Waals surface area contributed by atoms with Crippen molar-refractivity contribution in [3.63, 3.8) is 0 Å². The summed E-state index contributed by atoms with van der Waals surface area (Å²) >= 11 is 0. The van der Waals surface area contributed by atoms with Gasteiger partial charge < -0.3 is 18.7 Å². The Morgan fingerprint density at radius 2 is 1.93 bits per heavy atom. The first-order valence-corrected chi connectivity index (χ1v) is 8.52. The minimum atomic E-state index is -2.93. The van der Waals surface area contributed by atoms with E-state index in [-0.39, 0.29) is 18.4 Å². The molecule has 0 amide bonds. The maximum Gasteiger partial charge on any atom is 0.387 e. The van der Waals surface area contributed by atoms with Crippen LogP contribution in [0.25, 0.3) is 11.4 Å². The third-order valence-electron chi connectivity index (χ3n) is 4.11. The number of para-hydroxylation sites is 1. The molecule has 1 aliphatic heterocycles. The molecule has 0 N–H and O–H groups in total. The first kappa shape index (κ1) is 18.2. The summed E-state index contributed by atoms with van der Waals surface area (Å²) in [6.07, 6.45) is 0. The van der Waals surface area contributed by atoms with Crippen LogP contribution in [0.1, 0.15) is 11.5 Å². The number of aromatic nitrogens is 2. The zero-order valence-electron chi connectivity index (χ0n) is 15.0. The molecule has 0 atom stereocenters. The highest BCUT2D eigenvalue weighted by molar-refractivity contribution is 5.63. The molecule has 0 fully saturated rings. The van der Waals surface area contributed by atoms with Crippen LogP contribution in [0.4, 0.5) is 8.78 Å². The number of hydrogen-bond donors (Lipinski definition) is 0. The van der Waals surface area contributed by atoms with Gasteiger partial charge in [-0.1, -0.05) is 23.4 Å². The third kappa shape index (κ3) is 4.04. The Morgan fingerprint density at radius 1 is 1.11 bits per heavy atom. The first-order chi connectivity index (χ1) is 13.6. The van der Waals surface area contributed by atoms with Crippen molar-refractivity contribution in [3.05, 3.63) is 53.9 Å². The first-order valence-electron chi connectivity index (χ1n) is 8.52. The van der Waals surface area contributed by atoms with E-state index in [1.807, 2.05) is 30.1 Å². The van der Waals surface area contributed by atoms with Crippen LogP contribution in [-0.4, -0.2) is 35.5 Å². The van der Waals surface area contributed by atoms with Gasteiger partial charge in [0.05, 0.1) is 12.1 Å². The fraction of sp³-hybridized carbons (Fsp3) is 0.263. The predicted molar refractivity (Wildman–Crippen MR) is 94.1 cm³/mol. The maximum absolute atomic E-state index is 12.6. The van der Waals surface area contributed by atoms with E-state index in [0.717, 1.165) is 17.1 Å². The van der Waals surface area contributed by atoms with Crippen molar-refractivity contribution >= 4 is 0 Å². The van der Waals surface area contributed by atoms with E-state index in [9.17, 15) is 8.78 Å². The van der Waals surface area contributed by atoms with Crippen LogP contribution >= 0.6 is 0 Å². The van der Waals surface area contributed by atoms with Crippen molar-refractivity contribution in [1.82, 2.24) is 15.0 Å². The summed E-state index contributed by atoms with van der Waals surface area (Å²) in [5.74, 6) is 2.02. The Bertz CT molecular complexity index is 964. The summed E-state index contributed by atoms with van der Waals surface area (Å²) in [5.41, 5.74) is 1.39. The van der Waals surface area contributed by atoms with Crippen molar-refractivity contribution in [3.8, 4) is 28.6 Å². The lowest BCUT2D eigenvalue weighted by atomic mass is 10.2. The molecule has 146 valence electrons. The second-order valence-corrected chi connectivity index (χ2v) is 6.25. The lowest BCUT2D eigenvalue weighted by Crippen LogP contribution is -2.17. The van der Waals surface area contributed by atoms with E-state index >= 15 is 0 Å². The summed E-state index contributed by atoms with van der Waals surface area (Å²) in [7, 11) is 1.91. The van der Waals surface area contributed by atoms with Crippen LogP contribution in [0.15, 0.2) is 47.0 Å². The van der Waals surface area contributed by atoms with Gasteiger partial charge in [0.15, 0.2) is 11.5 Å². The molecule has 0 saturated carbocycles. The van der Waals surface area contributed by atoms with E-state index in [0.29, 0.717) is 24.5 Å². The molecular weight excluding hydrogens is 372 g/mol. The van der Waals surface area contributed by atoms with Gasteiger partial charge in [-0.25, -0.2) is 0 Å². The number of fused-ring (bicyclic) bond motifs is 1. The molecule has 2 heterocycles. The Labute approximate surface area is 159 Å². The van der Waals surface area contributed by atoms with E-state index in [1.165, 1.54) is 6.07 Å². The van der Waals surface area contributed by atoms with Crippen molar-refractivity contribution < 1.29 is 27.5 Å². The number of hydrogen-bond acceptors (Lipinski definition) is 7. The number of alkyl halides is 2. The normalized spacial score (nSPS) is 12.8. The SMILES string of the molecule is CN(Cc1ccc2c(c1)OCO2)Cc1nc(-c2ccccc2OC(F)F)no1. The molecule has 0 bridgehead atoms. The molecule has 0 unspecified atom stereocenters. The zero-order valence-corrected chi connectivity index (χ0v) is 15.0. The van der Waals surface area contributed by atoms with Crippen molar-refractivity contribution in [2.45, 2.75) is 19.7 Å². The maximum atomic E-state index is 12.6. The molecule has 0 radical (unpaired) electrons. The minimum absolute atomic E-state index is 0.00133. The average Bonchev–Trinajstić information content (AvgIpc) is 3.30. The van der Waals surface area contributed by atoms with Crippen LogP contribution in [0.5, 0.6) is 17.2 Å². The summed E-state index contributed by atoms with van der Waals surface area (Å²) in [5, 5.41) is 3.89. The number of nitrogens with zero attached hydrogens (tertiary/aromatic N) is 3. The van der Waals surface area contributed by atoms with Crippen LogP contribution in [0.2, 0.25) is 0 Å². The molecule has 28 heavy (non-hydrogen) atoms. The van der Waals surface area contributed by atoms with Crippen molar-refractivity contribution in [2.24, 2.45) is 0 Å². The highest BCUT2D eigenvalue weighted by Crippen LogP contribution is 2.33. The molecule has 1 aliphatic rings. The van der Waals surface area contributed by atoms with Crippen LogP contribution < -0.4 is 14.2 Å². The van der Waals surface area contributed by atoms with Gasteiger partial charge in [0.2, 0.25) is 18.5 Å². The van der Waals surface area contributed by atoms with Gasteiger partial charge in [-0.15, -0.1) is 0 Å². The Morgan fingerprint density at radius 3 is 2.79 bits per heavy atom. The smallest absolute Gasteiger partial charge is 0.387 e. The number of benzene rings is 2. The lowest BCUT2D eigenvalue weighted by molar-refractivity contribution is -0.0494. The molecule has 7 nitrogen and oxygen atoms in total. The predicted octanol–water partition coefficient (Wildman–Crippen LogP) is 3.70. The second-order valence-electron chi connectivity index (χ2n) is 6.25. The molecule has 0 aliphatic carbocycles. The van der Waals surface area contributed by atoms with Gasteiger partial charge in [-0.05, 0) is 36.9 Å². The summed E-state index contributed by atoms with van der Waals surface area (Å²) in [6, 6.07) is 12.1. The molecular formula is C19H17F2N3O4. The molecule has 9 heteroatoms. The molecule has 1 aromatic heterocycles. The van der Waals surface area contributed by atoms with Gasteiger partial charge >= 0.3 is 6.61 Å². The standard InChI is InChI=1S/C19H17F2N3O4/c1-24(9-12-6-7-15-16(8-12)26-11-25-15)10-17-22-18(23-28-17)13-4-2-3-5-14(13)27-19(20)21/h2-8,19H,9-11H2,1H3. The Hall–Kier alpha value is -3.20. The van der Waals surface area contributed by atoms with Crippen LogP contribution in [-0.2, 0) is 13.1 Å². The van der Waals surface area contributed by atoms with Gasteiger partial charge in [0.1, 0.15) is 5.75 Å². The quantitative estimate of drug-likeness (QED) is 0.610. The van der Waals surface area contributed by atoms with Gasteiger partial charge in [-0.2, -0.15) is 13.8 Å². The van der Waals surface area contributed by atoms with E-state index in [4.69, 9.17) is 14.0 Å². The van der Waals surface area contributed by atoms with Crippen LogP contribution in [0, 0.1) is 0 Å². The third-order valence-corrected chi connectivity index (χ3v) is 4.11. The van der Waals surface area contributed by atoms with Gasteiger partial charge in [0, 0.05) is 6.54 Å². The van der Waals surface area contributed by atoms with E-state index in [2.05, 4.69) is 14.9 Å². The van der Waals surface area contributed by atoms with E-state index < -0.39 is 6.61 Å². The summed E-state index contributed by atoms with van der Waals surface area (Å²) in [6.45, 7) is -1.69. The Balaban J connectivity index is 1.43. The molecule has 0 spiro atoms. The van der Waals surface area contributed by atoms with E-state index in [1.54, 1.807) is 18.2 Å². The highest BCUT2D eigenvalue weighted by Gasteiger charge is 2.18. The number of rotatable bonds is 7. The Kier molecular flexibility index (Phi) is 5.07. The summed E-state index contributed by atoms with van der Waals surface area (Å²) < 4.78 is 45.6. The van der Waals surface area contributed by atoms with Crippen molar-refractivity contribution in [1.29, 1.82) is 0 Å². The lowest BCUT2D eigenvalue weighted by Gasteiger charge is -2.14. The van der Waals surface area contributed by atoms with Crippen molar-refractivity contribution in [2.75, 3.05) is 13.8 Å². The highest BCUT2D eigenvalue weighted by atomic mass is 19.3. The number of ether oxygens (including phenoxy) is 3. The monoisotopic (exact) mass is 389 g/mol. The fourth-order valence-electron chi connectivity index (χ4n) is 2.92. The van der Waals surface area contributed by atoms with Gasteiger partial charge in [0.25, 0.3) is 0 Å². The zero-order chi connectivity index (χ0) is 19.5. The number of halogens is 2. The fourth-order valence-corrected chi connectivity index (χ4v) is 2.92. The molecule has 4 rings (SSSR count). The molecule has 3 aromatic rings. The van der Waals surface area contributed by atoms with Crippen LogP contribution in [0.3, 0.4) is 0 Å². The largest absolute Gasteiger partial charge is 0.454 e. The average molecular weight is 389 g/mol. The molecule has 2 aromatic carbocycles.